The Labute approximate surface area is 131 Å². The summed E-state index contributed by atoms with van der Waals surface area (Å²) in [6, 6.07) is 19.5. The van der Waals surface area contributed by atoms with Crippen molar-refractivity contribution in [3.05, 3.63) is 60.7 Å². The monoisotopic (exact) mass is 305 g/mol. The smallest absolute Gasteiger partial charge is 0.423 e. The molecule has 0 spiro atoms. The second-order valence-electron chi connectivity index (χ2n) is 5.15. The molecule has 4 aromatic rings. The molecule has 0 aliphatic carbocycles. The van der Waals surface area contributed by atoms with E-state index in [1.165, 1.54) is 0 Å². The summed E-state index contributed by atoms with van der Waals surface area (Å²) < 4.78 is 1.16. The zero-order chi connectivity index (χ0) is 15.1. The number of hydrogen-bond donors (Lipinski definition) is 2. The zero-order valence-corrected chi connectivity index (χ0v) is 12.4. The van der Waals surface area contributed by atoms with Crippen molar-refractivity contribution in [2.45, 2.75) is 0 Å². The van der Waals surface area contributed by atoms with E-state index in [2.05, 4.69) is 12.1 Å². The number of para-hydroxylation sites is 1. The van der Waals surface area contributed by atoms with Crippen molar-refractivity contribution in [2.75, 3.05) is 0 Å². The van der Waals surface area contributed by atoms with E-state index in [0.29, 0.717) is 5.46 Å². The molecule has 22 heavy (non-hydrogen) atoms. The lowest BCUT2D eigenvalue weighted by atomic mass is 9.79. The van der Waals surface area contributed by atoms with Crippen molar-refractivity contribution in [3.8, 4) is 10.6 Å². The van der Waals surface area contributed by atoms with Crippen molar-refractivity contribution < 1.29 is 10.0 Å². The second-order valence-corrected chi connectivity index (χ2v) is 6.18. The molecule has 4 rings (SSSR count). The fourth-order valence-corrected chi connectivity index (χ4v) is 3.64. The molecule has 5 heteroatoms. The van der Waals surface area contributed by atoms with Gasteiger partial charge in [0.1, 0.15) is 5.01 Å². The lowest BCUT2D eigenvalue weighted by molar-refractivity contribution is 0.426. The van der Waals surface area contributed by atoms with Gasteiger partial charge >= 0.3 is 7.12 Å². The maximum absolute atomic E-state index is 9.31. The molecule has 0 aliphatic heterocycles. The Kier molecular flexibility index (Phi) is 3.19. The first-order valence-electron chi connectivity index (χ1n) is 6.97. The highest BCUT2D eigenvalue weighted by Gasteiger charge is 2.13. The van der Waals surface area contributed by atoms with Gasteiger partial charge in [0.05, 0.1) is 10.2 Å². The topological polar surface area (TPSA) is 53.4 Å². The summed E-state index contributed by atoms with van der Waals surface area (Å²) in [5, 5.41) is 21.6. The molecule has 0 aliphatic rings. The first kappa shape index (κ1) is 13.5. The molecule has 0 bridgehead atoms. The van der Waals surface area contributed by atoms with Crippen LogP contribution in [0, 0.1) is 0 Å². The average Bonchev–Trinajstić information content (AvgIpc) is 2.97. The van der Waals surface area contributed by atoms with E-state index in [4.69, 9.17) is 4.98 Å². The molecule has 106 valence electrons. The second kappa shape index (κ2) is 5.21. The molecule has 1 aromatic heterocycles. The van der Waals surface area contributed by atoms with Crippen LogP contribution in [0.2, 0.25) is 0 Å². The Balaban J connectivity index is 1.94. The fourth-order valence-electron chi connectivity index (χ4n) is 2.64. The van der Waals surface area contributed by atoms with E-state index in [0.717, 1.165) is 31.6 Å². The SMILES string of the molecule is OB(O)c1ccc2c(-c3nc4ccccc4s3)cccc2c1. The first-order valence-corrected chi connectivity index (χ1v) is 7.79. The fraction of sp³-hybridized carbons (Fsp3) is 0. The molecule has 1 heterocycles. The predicted molar refractivity (Wildman–Crippen MR) is 92.4 cm³/mol. The van der Waals surface area contributed by atoms with Gasteiger partial charge < -0.3 is 10.0 Å². The molecule has 0 amide bonds. The minimum atomic E-state index is -1.45. The van der Waals surface area contributed by atoms with Crippen LogP contribution >= 0.6 is 11.3 Å². The van der Waals surface area contributed by atoms with E-state index in [-0.39, 0.29) is 0 Å². The maximum Gasteiger partial charge on any atom is 0.488 e. The van der Waals surface area contributed by atoms with Crippen LogP contribution in [0.1, 0.15) is 0 Å². The summed E-state index contributed by atoms with van der Waals surface area (Å²) in [4.78, 5) is 4.71. The summed E-state index contributed by atoms with van der Waals surface area (Å²) >= 11 is 1.67. The minimum absolute atomic E-state index is 0.494. The third kappa shape index (κ3) is 2.20. The average molecular weight is 305 g/mol. The number of nitrogens with zero attached hydrogens (tertiary/aromatic N) is 1. The zero-order valence-electron chi connectivity index (χ0n) is 11.6. The van der Waals surface area contributed by atoms with Gasteiger partial charge in [-0.25, -0.2) is 4.98 Å². The van der Waals surface area contributed by atoms with Crippen molar-refractivity contribution in [1.82, 2.24) is 4.98 Å². The number of hydrogen-bond acceptors (Lipinski definition) is 4. The molecule has 0 fully saturated rings. The third-order valence-corrected chi connectivity index (χ3v) is 4.80. The van der Waals surface area contributed by atoms with Crippen LogP contribution in [0.5, 0.6) is 0 Å². The maximum atomic E-state index is 9.31. The van der Waals surface area contributed by atoms with Crippen LogP contribution in [-0.4, -0.2) is 22.2 Å². The summed E-state index contributed by atoms with van der Waals surface area (Å²) in [6.45, 7) is 0. The van der Waals surface area contributed by atoms with Gasteiger partial charge in [-0.15, -0.1) is 11.3 Å². The lowest BCUT2D eigenvalue weighted by Gasteiger charge is -2.06. The van der Waals surface area contributed by atoms with Crippen molar-refractivity contribution in [1.29, 1.82) is 0 Å². The Hall–Kier alpha value is -2.21. The number of rotatable bonds is 2. The van der Waals surface area contributed by atoms with E-state index < -0.39 is 7.12 Å². The highest BCUT2D eigenvalue weighted by molar-refractivity contribution is 7.21. The number of benzene rings is 3. The van der Waals surface area contributed by atoms with Gasteiger partial charge in [0.25, 0.3) is 0 Å². The van der Waals surface area contributed by atoms with Crippen LogP contribution in [0.4, 0.5) is 0 Å². The normalized spacial score (nSPS) is 11.2. The van der Waals surface area contributed by atoms with Gasteiger partial charge in [-0.1, -0.05) is 48.5 Å². The van der Waals surface area contributed by atoms with Crippen molar-refractivity contribution in [3.63, 3.8) is 0 Å². The van der Waals surface area contributed by atoms with E-state index in [9.17, 15) is 10.0 Å². The van der Waals surface area contributed by atoms with Gasteiger partial charge in [0, 0.05) is 5.56 Å². The van der Waals surface area contributed by atoms with Crippen LogP contribution in [0.25, 0.3) is 31.6 Å². The van der Waals surface area contributed by atoms with Gasteiger partial charge in [-0.2, -0.15) is 0 Å². The van der Waals surface area contributed by atoms with Crippen LogP contribution in [0.15, 0.2) is 60.7 Å². The number of aromatic nitrogens is 1. The largest absolute Gasteiger partial charge is 0.488 e. The summed E-state index contributed by atoms with van der Waals surface area (Å²) in [7, 11) is -1.45. The molecule has 2 N–H and O–H groups in total. The molecule has 0 atom stereocenters. The molecule has 0 saturated heterocycles. The minimum Gasteiger partial charge on any atom is -0.423 e. The molecule has 3 nitrogen and oxygen atoms in total. The number of fused-ring (bicyclic) bond motifs is 2. The van der Waals surface area contributed by atoms with E-state index >= 15 is 0 Å². The van der Waals surface area contributed by atoms with Crippen LogP contribution < -0.4 is 5.46 Å². The standard InChI is InChI=1S/C17H12BNO2S/c20-18(21)12-8-9-13-11(10-12)4-3-5-14(13)17-19-15-6-1-2-7-16(15)22-17/h1-10,20-21H. The molecule has 0 unspecified atom stereocenters. The molecule has 0 radical (unpaired) electrons. The lowest BCUT2D eigenvalue weighted by Crippen LogP contribution is -2.29. The summed E-state index contributed by atoms with van der Waals surface area (Å²) in [5.41, 5.74) is 2.56. The predicted octanol–water partition coefficient (Wildman–Crippen LogP) is 2.80. The Bertz CT molecular complexity index is 948. The third-order valence-electron chi connectivity index (χ3n) is 3.73. The highest BCUT2D eigenvalue weighted by Crippen LogP contribution is 2.34. The first-order chi connectivity index (χ1) is 10.7. The highest BCUT2D eigenvalue weighted by atomic mass is 32.1. The quantitative estimate of drug-likeness (QED) is 0.560. The Morgan fingerprint density at radius 3 is 2.59 bits per heavy atom. The number of thiazole rings is 1. The summed E-state index contributed by atoms with van der Waals surface area (Å²) in [6.07, 6.45) is 0. The Morgan fingerprint density at radius 1 is 0.909 bits per heavy atom. The summed E-state index contributed by atoms with van der Waals surface area (Å²) in [5.74, 6) is 0. The van der Waals surface area contributed by atoms with Gasteiger partial charge in [-0.3, -0.25) is 0 Å². The van der Waals surface area contributed by atoms with Crippen LogP contribution in [0.3, 0.4) is 0 Å². The molecule has 0 saturated carbocycles. The Morgan fingerprint density at radius 2 is 1.77 bits per heavy atom. The van der Waals surface area contributed by atoms with Gasteiger partial charge in [0.2, 0.25) is 0 Å². The van der Waals surface area contributed by atoms with E-state index in [1.807, 2.05) is 36.4 Å². The van der Waals surface area contributed by atoms with Gasteiger partial charge in [-0.05, 0) is 28.4 Å². The van der Waals surface area contributed by atoms with Crippen molar-refractivity contribution in [2.24, 2.45) is 0 Å². The van der Waals surface area contributed by atoms with Gasteiger partial charge in [0.15, 0.2) is 0 Å². The molecular formula is C17H12BNO2S. The van der Waals surface area contributed by atoms with Crippen molar-refractivity contribution >= 4 is 44.9 Å². The van der Waals surface area contributed by atoms with Crippen LogP contribution in [-0.2, 0) is 0 Å². The molecular weight excluding hydrogens is 293 g/mol. The van der Waals surface area contributed by atoms with E-state index in [1.54, 1.807) is 23.5 Å². The molecule has 3 aromatic carbocycles.